The molecule has 2 N–H and O–H groups in total. The number of hydrogen-bond acceptors (Lipinski definition) is 3. The van der Waals surface area contributed by atoms with Crippen LogP contribution in [0.4, 0.5) is 0 Å². The van der Waals surface area contributed by atoms with Crippen molar-refractivity contribution in [2.45, 2.75) is 46.2 Å². The summed E-state index contributed by atoms with van der Waals surface area (Å²) in [5.41, 5.74) is 0.698. The molecular weight excluding hydrogens is 288 g/mol. The van der Waals surface area contributed by atoms with Gasteiger partial charge in [0.05, 0.1) is 5.41 Å². The molecule has 128 valence electrons. The summed E-state index contributed by atoms with van der Waals surface area (Å²) in [6.07, 6.45) is 1.82. The Labute approximate surface area is 139 Å². The average Bonchev–Trinajstić information content (AvgIpc) is 2.47. The standard InChI is InChI=1S/C19H30N2O2/c1-15-11-17(20-10-9-19(2,3)18(22)23)14-21(12-15)13-16-7-5-4-6-8-16/h4-8,15,17,20H,9-14H2,1-3H3,(H,22,23). The number of hydrogen-bond donors (Lipinski definition) is 2. The first-order valence-corrected chi connectivity index (χ1v) is 8.60. The molecule has 1 heterocycles. The second-order valence-electron chi connectivity index (χ2n) is 7.61. The third-order valence-electron chi connectivity index (χ3n) is 4.75. The van der Waals surface area contributed by atoms with Crippen LogP contribution in [-0.4, -0.2) is 41.7 Å². The topological polar surface area (TPSA) is 52.6 Å². The third kappa shape index (κ3) is 5.63. The minimum Gasteiger partial charge on any atom is -0.481 e. The van der Waals surface area contributed by atoms with Crippen molar-refractivity contribution >= 4 is 5.97 Å². The summed E-state index contributed by atoms with van der Waals surface area (Å²) in [6.45, 7) is 9.80. The second kappa shape index (κ2) is 7.93. The maximum absolute atomic E-state index is 11.2. The normalized spacial score (nSPS) is 22.9. The highest BCUT2D eigenvalue weighted by molar-refractivity contribution is 5.73. The van der Waals surface area contributed by atoms with Gasteiger partial charge in [-0.25, -0.2) is 0 Å². The van der Waals surface area contributed by atoms with E-state index in [-0.39, 0.29) is 0 Å². The lowest BCUT2D eigenvalue weighted by Gasteiger charge is -2.37. The van der Waals surface area contributed by atoms with Gasteiger partial charge >= 0.3 is 5.97 Å². The van der Waals surface area contributed by atoms with Crippen LogP contribution < -0.4 is 5.32 Å². The maximum atomic E-state index is 11.2. The Morgan fingerprint density at radius 3 is 2.65 bits per heavy atom. The summed E-state index contributed by atoms with van der Waals surface area (Å²) in [7, 11) is 0. The molecule has 2 unspecified atom stereocenters. The lowest BCUT2D eigenvalue weighted by atomic mass is 9.89. The fourth-order valence-electron chi connectivity index (χ4n) is 3.28. The van der Waals surface area contributed by atoms with Crippen molar-refractivity contribution in [2.75, 3.05) is 19.6 Å². The third-order valence-corrected chi connectivity index (χ3v) is 4.75. The fourth-order valence-corrected chi connectivity index (χ4v) is 3.28. The predicted molar refractivity (Wildman–Crippen MR) is 93.3 cm³/mol. The molecule has 1 aromatic carbocycles. The van der Waals surface area contributed by atoms with E-state index in [1.165, 1.54) is 12.0 Å². The average molecular weight is 318 g/mol. The fraction of sp³-hybridized carbons (Fsp3) is 0.632. The summed E-state index contributed by atoms with van der Waals surface area (Å²) >= 11 is 0. The van der Waals surface area contributed by atoms with E-state index < -0.39 is 11.4 Å². The number of likely N-dealkylation sites (tertiary alicyclic amines) is 1. The van der Waals surface area contributed by atoms with E-state index in [2.05, 4.69) is 47.5 Å². The van der Waals surface area contributed by atoms with E-state index in [0.717, 1.165) is 26.2 Å². The number of benzene rings is 1. The van der Waals surface area contributed by atoms with Gasteiger partial charge in [0.1, 0.15) is 0 Å². The molecular formula is C19H30N2O2. The van der Waals surface area contributed by atoms with Crippen molar-refractivity contribution in [2.24, 2.45) is 11.3 Å². The molecule has 2 rings (SSSR count). The zero-order valence-electron chi connectivity index (χ0n) is 14.6. The number of nitrogens with zero attached hydrogens (tertiary/aromatic N) is 1. The highest BCUT2D eigenvalue weighted by Crippen LogP contribution is 2.21. The van der Waals surface area contributed by atoms with Crippen LogP contribution in [0.3, 0.4) is 0 Å². The van der Waals surface area contributed by atoms with Crippen molar-refractivity contribution in [1.82, 2.24) is 10.2 Å². The van der Waals surface area contributed by atoms with Crippen molar-refractivity contribution in [3.63, 3.8) is 0 Å². The lowest BCUT2D eigenvalue weighted by molar-refractivity contribution is -0.147. The Bertz CT molecular complexity index is 501. The first-order chi connectivity index (χ1) is 10.9. The molecule has 0 bridgehead atoms. The summed E-state index contributed by atoms with van der Waals surface area (Å²) in [4.78, 5) is 13.7. The van der Waals surface area contributed by atoms with Crippen LogP contribution in [-0.2, 0) is 11.3 Å². The molecule has 1 fully saturated rings. The molecule has 0 spiro atoms. The predicted octanol–water partition coefficient (Wildman–Crippen LogP) is 2.99. The van der Waals surface area contributed by atoms with E-state index >= 15 is 0 Å². The highest BCUT2D eigenvalue weighted by Gasteiger charge is 2.28. The summed E-state index contributed by atoms with van der Waals surface area (Å²) in [5, 5.41) is 12.8. The molecule has 4 heteroatoms. The minimum atomic E-state index is -0.720. The van der Waals surface area contributed by atoms with Crippen LogP contribution in [0.2, 0.25) is 0 Å². The Balaban J connectivity index is 1.82. The number of rotatable bonds is 7. The van der Waals surface area contributed by atoms with E-state index in [1.54, 1.807) is 13.8 Å². The Kier molecular flexibility index (Phi) is 6.19. The van der Waals surface area contributed by atoms with Gasteiger partial charge in [0.15, 0.2) is 0 Å². The van der Waals surface area contributed by atoms with Crippen LogP contribution in [0.5, 0.6) is 0 Å². The van der Waals surface area contributed by atoms with Gasteiger partial charge in [-0.2, -0.15) is 0 Å². The lowest BCUT2D eigenvalue weighted by Crippen LogP contribution is -2.49. The van der Waals surface area contributed by atoms with Crippen LogP contribution >= 0.6 is 0 Å². The van der Waals surface area contributed by atoms with Gasteiger partial charge in [0, 0.05) is 25.7 Å². The largest absolute Gasteiger partial charge is 0.481 e. The zero-order valence-corrected chi connectivity index (χ0v) is 14.6. The van der Waals surface area contributed by atoms with Gasteiger partial charge in [-0.3, -0.25) is 9.69 Å². The van der Waals surface area contributed by atoms with Crippen molar-refractivity contribution < 1.29 is 9.90 Å². The number of carboxylic acid groups (broad SMARTS) is 1. The van der Waals surface area contributed by atoms with E-state index in [1.807, 2.05) is 0 Å². The SMILES string of the molecule is CC1CC(NCCC(C)(C)C(=O)O)CN(Cc2ccccc2)C1. The second-order valence-corrected chi connectivity index (χ2v) is 7.61. The van der Waals surface area contributed by atoms with Gasteiger partial charge in [0.2, 0.25) is 0 Å². The van der Waals surface area contributed by atoms with Gasteiger partial charge in [-0.15, -0.1) is 0 Å². The smallest absolute Gasteiger partial charge is 0.309 e. The molecule has 1 aliphatic heterocycles. The molecule has 0 saturated carbocycles. The van der Waals surface area contributed by atoms with Crippen molar-refractivity contribution in [3.8, 4) is 0 Å². The number of aliphatic carboxylic acids is 1. The van der Waals surface area contributed by atoms with Crippen molar-refractivity contribution in [1.29, 1.82) is 0 Å². The van der Waals surface area contributed by atoms with Gasteiger partial charge in [-0.1, -0.05) is 37.3 Å². The van der Waals surface area contributed by atoms with Gasteiger partial charge in [-0.05, 0) is 44.7 Å². The summed E-state index contributed by atoms with van der Waals surface area (Å²) in [5.74, 6) is -0.0561. The first kappa shape index (κ1) is 18.0. The number of nitrogens with one attached hydrogen (secondary N) is 1. The number of carboxylic acids is 1. The van der Waals surface area contributed by atoms with Crippen LogP contribution in [0.1, 0.15) is 39.2 Å². The Morgan fingerprint density at radius 2 is 2.00 bits per heavy atom. The molecule has 0 amide bonds. The molecule has 2 atom stereocenters. The highest BCUT2D eigenvalue weighted by atomic mass is 16.4. The minimum absolute atomic E-state index is 0.451. The Hall–Kier alpha value is -1.39. The van der Waals surface area contributed by atoms with E-state index in [0.29, 0.717) is 18.4 Å². The maximum Gasteiger partial charge on any atom is 0.309 e. The molecule has 1 aliphatic rings. The zero-order chi connectivity index (χ0) is 16.9. The number of carbonyl (C=O) groups is 1. The molecule has 0 radical (unpaired) electrons. The quantitative estimate of drug-likeness (QED) is 0.811. The van der Waals surface area contributed by atoms with Crippen LogP contribution in [0, 0.1) is 11.3 Å². The Morgan fingerprint density at radius 1 is 1.30 bits per heavy atom. The van der Waals surface area contributed by atoms with E-state index in [4.69, 9.17) is 0 Å². The van der Waals surface area contributed by atoms with Crippen LogP contribution in [0.25, 0.3) is 0 Å². The van der Waals surface area contributed by atoms with Crippen molar-refractivity contribution in [3.05, 3.63) is 35.9 Å². The molecule has 0 aromatic heterocycles. The van der Waals surface area contributed by atoms with E-state index in [9.17, 15) is 9.90 Å². The molecule has 0 aliphatic carbocycles. The number of piperidine rings is 1. The van der Waals surface area contributed by atoms with Gasteiger partial charge in [0.25, 0.3) is 0 Å². The molecule has 23 heavy (non-hydrogen) atoms. The molecule has 4 nitrogen and oxygen atoms in total. The summed E-state index contributed by atoms with van der Waals surface area (Å²) in [6, 6.07) is 11.0. The monoisotopic (exact) mass is 318 g/mol. The molecule has 1 saturated heterocycles. The van der Waals surface area contributed by atoms with Gasteiger partial charge < -0.3 is 10.4 Å². The molecule has 1 aromatic rings. The summed E-state index contributed by atoms with van der Waals surface area (Å²) < 4.78 is 0. The van der Waals surface area contributed by atoms with Crippen LogP contribution in [0.15, 0.2) is 30.3 Å². The first-order valence-electron chi connectivity index (χ1n) is 8.60.